The number of anilines is 2. The van der Waals surface area contributed by atoms with Gasteiger partial charge in [-0.25, -0.2) is 0 Å². The molecule has 0 fully saturated rings. The maximum Gasteiger partial charge on any atom is 0.276 e. The van der Waals surface area contributed by atoms with Crippen LogP contribution in [0.4, 0.5) is 11.5 Å². The van der Waals surface area contributed by atoms with Crippen LogP contribution < -0.4 is 24.8 Å². The SMILES string of the molecule is COc1cccc(NC(=O)c2ccc(NCc3ccc(OC)c(OC)c3)nn2)c1. The second-order valence-electron chi connectivity index (χ2n) is 6.03. The normalized spacial score (nSPS) is 10.2. The van der Waals surface area contributed by atoms with Gasteiger partial charge < -0.3 is 24.8 Å². The van der Waals surface area contributed by atoms with Gasteiger partial charge >= 0.3 is 0 Å². The molecule has 0 saturated carbocycles. The van der Waals surface area contributed by atoms with Crippen LogP contribution >= 0.6 is 0 Å². The Labute approximate surface area is 168 Å². The Morgan fingerprint density at radius 2 is 1.72 bits per heavy atom. The number of nitrogens with one attached hydrogen (secondary N) is 2. The number of methoxy groups -OCH3 is 3. The van der Waals surface area contributed by atoms with E-state index in [-0.39, 0.29) is 11.6 Å². The highest BCUT2D eigenvalue weighted by Crippen LogP contribution is 2.27. The number of hydrogen-bond acceptors (Lipinski definition) is 7. The maximum absolute atomic E-state index is 12.3. The Morgan fingerprint density at radius 1 is 0.897 bits per heavy atom. The number of benzene rings is 2. The molecule has 0 bridgehead atoms. The van der Waals surface area contributed by atoms with Gasteiger partial charge in [-0.2, -0.15) is 0 Å². The summed E-state index contributed by atoms with van der Waals surface area (Å²) in [4.78, 5) is 12.3. The molecule has 0 unspecified atom stereocenters. The molecule has 8 heteroatoms. The largest absolute Gasteiger partial charge is 0.497 e. The molecule has 3 aromatic rings. The number of rotatable bonds is 8. The van der Waals surface area contributed by atoms with Crippen molar-refractivity contribution in [2.75, 3.05) is 32.0 Å². The summed E-state index contributed by atoms with van der Waals surface area (Å²) < 4.78 is 15.7. The Hall–Kier alpha value is -3.81. The minimum atomic E-state index is -0.350. The van der Waals surface area contributed by atoms with Gasteiger partial charge in [0.25, 0.3) is 5.91 Å². The zero-order valence-corrected chi connectivity index (χ0v) is 16.4. The van der Waals surface area contributed by atoms with Crippen molar-refractivity contribution in [3.63, 3.8) is 0 Å². The van der Waals surface area contributed by atoms with Crippen molar-refractivity contribution in [3.05, 3.63) is 65.9 Å². The molecule has 29 heavy (non-hydrogen) atoms. The summed E-state index contributed by atoms with van der Waals surface area (Å²) in [5.41, 5.74) is 1.82. The number of amides is 1. The summed E-state index contributed by atoms with van der Waals surface area (Å²) in [7, 11) is 4.76. The molecule has 3 rings (SSSR count). The highest BCUT2D eigenvalue weighted by molar-refractivity contribution is 6.02. The molecule has 0 radical (unpaired) electrons. The van der Waals surface area contributed by atoms with Gasteiger partial charge in [0, 0.05) is 18.3 Å². The third-order valence-electron chi connectivity index (χ3n) is 4.15. The predicted octanol–water partition coefficient (Wildman–Crippen LogP) is 3.37. The lowest BCUT2D eigenvalue weighted by atomic mass is 10.2. The quantitative estimate of drug-likeness (QED) is 0.605. The summed E-state index contributed by atoms with van der Waals surface area (Å²) in [6.07, 6.45) is 0. The molecular weight excluding hydrogens is 372 g/mol. The number of hydrogen-bond donors (Lipinski definition) is 2. The molecule has 0 spiro atoms. The molecule has 0 atom stereocenters. The Bertz CT molecular complexity index is 977. The Balaban J connectivity index is 1.60. The first-order valence-corrected chi connectivity index (χ1v) is 8.87. The molecule has 0 aliphatic rings. The summed E-state index contributed by atoms with van der Waals surface area (Å²) in [5, 5.41) is 14.0. The van der Waals surface area contributed by atoms with Crippen molar-refractivity contribution in [2.24, 2.45) is 0 Å². The van der Waals surface area contributed by atoms with Crippen molar-refractivity contribution in [3.8, 4) is 17.2 Å². The second-order valence-corrected chi connectivity index (χ2v) is 6.03. The molecular formula is C21H22N4O4. The molecule has 0 aliphatic carbocycles. The van der Waals surface area contributed by atoms with Crippen molar-refractivity contribution < 1.29 is 19.0 Å². The van der Waals surface area contributed by atoms with Crippen LogP contribution in [0, 0.1) is 0 Å². The average molecular weight is 394 g/mol. The minimum Gasteiger partial charge on any atom is -0.497 e. The molecule has 1 heterocycles. The zero-order chi connectivity index (χ0) is 20.6. The minimum absolute atomic E-state index is 0.212. The van der Waals surface area contributed by atoms with E-state index in [0.717, 1.165) is 5.56 Å². The molecule has 0 saturated heterocycles. The van der Waals surface area contributed by atoms with Crippen LogP contribution in [0.1, 0.15) is 16.1 Å². The summed E-state index contributed by atoms with van der Waals surface area (Å²) in [6, 6.07) is 16.1. The third kappa shape index (κ3) is 5.13. The van der Waals surface area contributed by atoms with Gasteiger partial charge in [-0.3, -0.25) is 4.79 Å². The molecule has 8 nitrogen and oxygen atoms in total. The van der Waals surface area contributed by atoms with Crippen LogP contribution in [0.25, 0.3) is 0 Å². The summed E-state index contributed by atoms with van der Waals surface area (Å²) in [6.45, 7) is 0.518. The molecule has 0 aliphatic heterocycles. The van der Waals surface area contributed by atoms with Gasteiger partial charge in [0.15, 0.2) is 17.2 Å². The van der Waals surface area contributed by atoms with Crippen molar-refractivity contribution >= 4 is 17.4 Å². The first-order chi connectivity index (χ1) is 14.1. The summed E-state index contributed by atoms with van der Waals surface area (Å²) in [5.74, 6) is 2.18. The maximum atomic E-state index is 12.3. The van der Waals surface area contributed by atoms with Crippen LogP contribution in [-0.2, 0) is 6.54 Å². The van der Waals surface area contributed by atoms with Crippen molar-refractivity contribution in [1.82, 2.24) is 10.2 Å². The Kier molecular flexibility index (Phi) is 6.47. The molecule has 2 aromatic carbocycles. The number of carbonyl (C=O) groups is 1. The van der Waals surface area contributed by atoms with Gasteiger partial charge in [-0.05, 0) is 42.0 Å². The predicted molar refractivity (Wildman–Crippen MR) is 110 cm³/mol. The van der Waals surface area contributed by atoms with E-state index in [2.05, 4.69) is 20.8 Å². The Morgan fingerprint density at radius 3 is 2.41 bits per heavy atom. The number of nitrogens with zero attached hydrogens (tertiary/aromatic N) is 2. The van der Waals surface area contributed by atoms with Gasteiger partial charge in [-0.1, -0.05) is 12.1 Å². The highest BCUT2D eigenvalue weighted by Gasteiger charge is 2.10. The van der Waals surface area contributed by atoms with Crippen LogP contribution in [0.2, 0.25) is 0 Å². The smallest absolute Gasteiger partial charge is 0.276 e. The lowest BCUT2D eigenvalue weighted by Crippen LogP contribution is -2.15. The van der Waals surface area contributed by atoms with E-state index >= 15 is 0 Å². The van der Waals surface area contributed by atoms with Crippen molar-refractivity contribution in [1.29, 1.82) is 0 Å². The van der Waals surface area contributed by atoms with Gasteiger partial charge in [0.1, 0.15) is 11.6 Å². The highest BCUT2D eigenvalue weighted by atomic mass is 16.5. The fourth-order valence-corrected chi connectivity index (χ4v) is 2.63. The molecule has 1 aromatic heterocycles. The monoisotopic (exact) mass is 394 g/mol. The average Bonchev–Trinajstić information content (AvgIpc) is 2.77. The van der Waals surface area contributed by atoms with E-state index in [1.165, 1.54) is 0 Å². The topological polar surface area (TPSA) is 94.6 Å². The lowest BCUT2D eigenvalue weighted by molar-refractivity contribution is 0.102. The third-order valence-corrected chi connectivity index (χ3v) is 4.15. The number of aromatic nitrogens is 2. The molecule has 1 amide bonds. The van der Waals surface area contributed by atoms with E-state index in [1.807, 2.05) is 18.2 Å². The van der Waals surface area contributed by atoms with Crippen LogP contribution in [0.15, 0.2) is 54.6 Å². The van der Waals surface area contributed by atoms with E-state index in [4.69, 9.17) is 14.2 Å². The van der Waals surface area contributed by atoms with Gasteiger partial charge in [-0.15, -0.1) is 10.2 Å². The van der Waals surface area contributed by atoms with E-state index in [1.54, 1.807) is 57.7 Å². The fourth-order valence-electron chi connectivity index (χ4n) is 2.63. The first kappa shape index (κ1) is 19.9. The van der Waals surface area contributed by atoms with Crippen LogP contribution in [0.3, 0.4) is 0 Å². The number of carbonyl (C=O) groups excluding carboxylic acids is 1. The van der Waals surface area contributed by atoms with Crippen molar-refractivity contribution in [2.45, 2.75) is 6.54 Å². The van der Waals surface area contributed by atoms with E-state index in [9.17, 15) is 4.79 Å². The lowest BCUT2D eigenvalue weighted by Gasteiger charge is -2.10. The number of ether oxygens (including phenoxy) is 3. The van der Waals surface area contributed by atoms with Crippen LogP contribution in [0.5, 0.6) is 17.2 Å². The second kappa shape index (κ2) is 9.41. The molecule has 150 valence electrons. The van der Waals surface area contributed by atoms with Crippen LogP contribution in [-0.4, -0.2) is 37.4 Å². The fraction of sp³-hybridized carbons (Fsp3) is 0.190. The standard InChI is InChI=1S/C21H22N4O4/c1-27-16-6-4-5-15(12-16)23-21(26)17-8-10-20(25-24-17)22-13-14-7-9-18(28-2)19(11-14)29-3/h4-12H,13H2,1-3H3,(H,22,25)(H,23,26). The van der Waals surface area contributed by atoms with Gasteiger partial charge in [0.05, 0.1) is 21.3 Å². The zero-order valence-electron chi connectivity index (χ0n) is 16.4. The first-order valence-electron chi connectivity index (χ1n) is 8.87. The summed E-state index contributed by atoms with van der Waals surface area (Å²) >= 11 is 0. The van der Waals surface area contributed by atoms with Gasteiger partial charge in [0.2, 0.25) is 0 Å². The van der Waals surface area contributed by atoms with E-state index < -0.39 is 0 Å². The van der Waals surface area contributed by atoms with E-state index in [0.29, 0.717) is 35.3 Å². The molecule has 2 N–H and O–H groups in total.